The predicted octanol–water partition coefficient (Wildman–Crippen LogP) is 2.41. The summed E-state index contributed by atoms with van der Waals surface area (Å²) >= 11 is 0. The summed E-state index contributed by atoms with van der Waals surface area (Å²) in [4.78, 5) is 0. The summed E-state index contributed by atoms with van der Waals surface area (Å²) < 4.78 is 17.4. The Bertz CT molecular complexity index is 189. The van der Waals surface area contributed by atoms with E-state index in [1.54, 1.807) is 0 Å². The van der Waals surface area contributed by atoms with Gasteiger partial charge in [-0.1, -0.05) is 6.92 Å². The molecule has 0 spiro atoms. The van der Waals surface area contributed by atoms with E-state index >= 15 is 0 Å². The van der Waals surface area contributed by atoms with Gasteiger partial charge in [0.15, 0.2) is 0 Å². The zero-order valence-electron chi connectivity index (χ0n) is 12.2. The molecule has 1 unspecified atom stereocenters. The van der Waals surface area contributed by atoms with Crippen LogP contribution >= 0.6 is 0 Å². The standard InChI is InChI=1S/C12H29NO3Si/c1-7-14-17(15-8-2,16-9-3)10-11(4)12(5,6)13/h11H,7-10,13H2,1-6H3. The highest BCUT2D eigenvalue weighted by atomic mass is 28.4. The van der Waals surface area contributed by atoms with E-state index in [4.69, 9.17) is 19.0 Å². The number of nitrogens with two attached hydrogens (primary N) is 1. The lowest BCUT2D eigenvalue weighted by atomic mass is 9.92. The van der Waals surface area contributed by atoms with Crippen molar-refractivity contribution in [3.05, 3.63) is 0 Å². The highest BCUT2D eigenvalue weighted by Gasteiger charge is 2.44. The van der Waals surface area contributed by atoms with E-state index in [1.807, 2.05) is 34.6 Å². The molecule has 0 fully saturated rings. The summed E-state index contributed by atoms with van der Waals surface area (Å²) in [6.45, 7) is 13.9. The van der Waals surface area contributed by atoms with Gasteiger partial charge in [0.05, 0.1) is 0 Å². The van der Waals surface area contributed by atoms with E-state index in [1.165, 1.54) is 0 Å². The highest BCUT2D eigenvalue weighted by Crippen LogP contribution is 2.27. The first-order chi connectivity index (χ1) is 7.81. The topological polar surface area (TPSA) is 53.7 Å². The van der Waals surface area contributed by atoms with E-state index in [0.717, 1.165) is 6.04 Å². The van der Waals surface area contributed by atoms with E-state index < -0.39 is 8.80 Å². The van der Waals surface area contributed by atoms with Crippen molar-refractivity contribution in [3.8, 4) is 0 Å². The quantitative estimate of drug-likeness (QED) is 0.649. The molecule has 0 heterocycles. The minimum absolute atomic E-state index is 0.246. The van der Waals surface area contributed by atoms with Gasteiger partial charge in [-0.15, -0.1) is 0 Å². The Hall–Kier alpha value is 0.0569. The zero-order valence-corrected chi connectivity index (χ0v) is 13.2. The third-order valence-electron chi connectivity index (χ3n) is 2.92. The SMILES string of the molecule is CCO[Si](CC(C)C(C)(C)N)(OCC)OCC. The molecule has 0 bridgehead atoms. The lowest BCUT2D eigenvalue weighted by molar-refractivity contribution is 0.0646. The third-order valence-corrected chi connectivity index (χ3v) is 6.22. The maximum atomic E-state index is 6.13. The van der Waals surface area contributed by atoms with Crippen LogP contribution in [-0.2, 0) is 13.3 Å². The third kappa shape index (κ3) is 5.97. The Labute approximate surface area is 107 Å². The van der Waals surface area contributed by atoms with Crippen LogP contribution in [0.4, 0.5) is 0 Å². The Morgan fingerprint density at radius 1 is 1.00 bits per heavy atom. The molecule has 0 aliphatic rings. The summed E-state index contributed by atoms with van der Waals surface area (Å²) in [5, 5.41) is 0. The Balaban J connectivity index is 4.75. The smallest absolute Gasteiger partial charge is 0.374 e. The molecule has 5 heteroatoms. The summed E-state index contributed by atoms with van der Waals surface area (Å²) in [7, 11) is -2.55. The molecule has 0 amide bonds. The Kier molecular flexibility index (Phi) is 7.51. The van der Waals surface area contributed by atoms with Crippen LogP contribution in [0.25, 0.3) is 0 Å². The molecule has 0 aromatic rings. The van der Waals surface area contributed by atoms with Crippen molar-refractivity contribution < 1.29 is 13.3 Å². The zero-order chi connectivity index (χ0) is 13.5. The monoisotopic (exact) mass is 263 g/mol. The van der Waals surface area contributed by atoms with Crippen LogP contribution in [0.1, 0.15) is 41.5 Å². The molecule has 0 rings (SSSR count). The van der Waals surface area contributed by atoms with Crippen molar-refractivity contribution in [3.63, 3.8) is 0 Å². The van der Waals surface area contributed by atoms with Gasteiger partial charge >= 0.3 is 8.80 Å². The molecule has 0 saturated heterocycles. The number of hydrogen-bond donors (Lipinski definition) is 1. The highest BCUT2D eigenvalue weighted by molar-refractivity contribution is 6.60. The van der Waals surface area contributed by atoms with Crippen LogP contribution in [0.3, 0.4) is 0 Å². The first-order valence-corrected chi connectivity index (χ1v) is 8.45. The summed E-state index contributed by atoms with van der Waals surface area (Å²) in [5.74, 6) is 0.291. The van der Waals surface area contributed by atoms with Gasteiger partial charge in [0.2, 0.25) is 0 Å². The number of rotatable bonds is 9. The lowest BCUT2D eigenvalue weighted by Crippen LogP contribution is -2.51. The first kappa shape index (κ1) is 17.1. The molecule has 104 valence electrons. The molecular formula is C12H29NO3Si. The van der Waals surface area contributed by atoms with Crippen molar-refractivity contribution in [2.45, 2.75) is 53.1 Å². The van der Waals surface area contributed by atoms with Crippen molar-refractivity contribution in [2.24, 2.45) is 11.7 Å². The van der Waals surface area contributed by atoms with Crippen LogP contribution in [-0.4, -0.2) is 34.2 Å². The van der Waals surface area contributed by atoms with Gasteiger partial charge in [0.1, 0.15) is 0 Å². The number of hydrogen-bond acceptors (Lipinski definition) is 4. The lowest BCUT2D eigenvalue weighted by Gasteiger charge is -2.35. The fourth-order valence-electron chi connectivity index (χ4n) is 1.60. The van der Waals surface area contributed by atoms with Crippen LogP contribution in [0, 0.1) is 5.92 Å². The average molecular weight is 263 g/mol. The Morgan fingerprint density at radius 3 is 1.59 bits per heavy atom. The van der Waals surface area contributed by atoms with E-state index in [-0.39, 0.29) is 5.54 Å². The predicted molar refractivity (Wildman–Crippen MR) is 72.9 cm³/mol. The van der Waals surface area contributed by atoms with E-state index in [9.17, 15) is 0 Å². The average Bonchev–Trinajstić information content (AvgIpc) is 2.17. The fraction of sp³-hybridized carbons (Fsp3) is 1.00. The molecule has 0 saturated carbocycles. The second kappa shape index (κ2) is 7.48. The van der Waals surface area contributed by atoms with Crippen molar-refractivity contribution in [1.82, 2.24) is 0 Å². The van der Waals surface area contributed by atoms with Gasteiger partial charge in [-0.25, -0.2) is 0 Å². The van der Waals surface area contributed by atoms with Gasteiger partial charge < -0.3 is 19.0 Å². The normalized spacial score (nSPS) is 15.0. The molecule has 0 aliphatic carbocycles. The molecule has 2 N–H and O–H groups in total. The van der Waals surface area contributed by atoms with Gasteiger partial charge in [-0.3, -0.25) is 0 Å². The second-order valence-electron chi connectivity index (χ2n) is 4.91. The van der Waals surface area contributed by atoms with Crippen LogP contribution < -0.4 is 5.73 Å². The molecule has 1 atom stereocenters. The van der Waals surface area contributed by atoms with Gasteiger partial charge in [0.25, 0.3) is 0 Å². The molecule has 0 aromatic carbocycles. The van der Waals surface area contributed by atoms with Crippen LogP contribution in [0.2, 0.25) is 6.04 Å². The van der Waals surface area contributed by atoms with E-state index in [0.29, 0.717) is 25.7 Å². The minimum Gasteiger partial charge on any atom is -0.374 e. The Morgan fingerprint density at radius 2 is 1.35 bits per heavy atom. The second-order valence-corrected chi connectivity index (χ2v) is 7.55. The largest absolute Gasteiger partial charge is 0.501 e. The molecule has 0 radical (unpaired) electrons. The van der Waals surface area contributed by atoms with Gasteiger partial charge in [-0.05, 0) is 40.5 Å². The summed E-state index contributed by atoms with van der Waals surface area (Å²) in [6, 6.07) is 0.770. The molecule has 4 nitrogen and oxygen atoms in total. The molecule has 0 aromatic heterocycles. The molecular weight excluding hydrogens is 234 g/mol. The fourth-order valence-corrected chi connectivity index (χ4v) is 4.80. The van der Waals surface area contributed by atoms with E-state index in [2.05, 4.69) is 6.92 Å². The van der Waals surface area contributed by atoms with Crippen LogP contribution in [0.15, 0.2) is 0 Å². The maximum Gasteiger partial charge on any atom is 0.501 e. The van der Waals surface area contributed by atoms with Crippen molar-refractivity contribution in [2.75, 3.05) is 19.8 Å². The minimum atomic E-state index is -2.55. The first-order valence-electron chi connectivity index (χ1n) is 6.52. The van der Waals surface area contributed by atoms with Gasteiger partial charge in [0, 0.05) is 31.4 Å². The summed E-state index contributed by atoms with van der Waals surface area (Å²) in [6.07, 6.45) is 0. The van der Waals surface area contributed by atoms with Crippen molar-refractivity contribution >= 4 is 8.80 Å². The van der Waals surface area contributed by atoms with Crippen molar-refractivity contribution in [1.29, 1.82) is 0 Å². The molecule has 0 aliphatic heterocycles. The maximum absolute atomic E-state index is 6.13. The van der Waals surface area contributed by atoms with Crippen LogP contribution in [0.5, 0.6) is 0 Å². The van der Waals surface area contributed by atoms with Gasteiger partial charge in [-0.2, -0.15) is 0 Å². The molecule has 17 heavy (non-hydrogen) atoms. The summed E-state index contributed by atoms with van der Waals surface area (Å²) in [5.41, 5.74) is 5.88.